The first-order chi connectivity index (χ1) is 20.6. The van der Waals surface area contributed by atoms with Crippen molar-refractivity contribution in [1.29, 1.82) is 0 Å². The van der Waals surface area contributed by atoms with Gasteiger partial charge in [-0.05, 0) is 47.9 Å². The Hall–Kier alpha value is -4.34. The highest BCUT2D eigenvalue weighted by atomic mass is 16.6. The van der Waals surface area contributed by atoms with E-state index in [0.29, 0.717) is 74.4 Å². The number of rotatable bonds is 9. The molecular formula is C33H34N2O7. The van der Waals surface area contributed by atoms with E-state index in [-0.39, 0.29) is 11.3 Å². The van der Waals surface area contributed by atoms with E-state index in [1.54, 1.807) is 23.1 Å². The third-order valence-corrected chi connectivity index (χ3v) is 7.75. The Labute approximate surface area is 244 Å². The lowest BCUT2D eigenvalue weighted by Gasteiger charge is -2.29. The second-order valence-corrected chi connectivity index (χ2v) is 10.5. The van der Waals surface area contributed by atoms with Gasteiger partial charge in [-0.25, -0.2) is 0 Å². The minimum Gasteiger partial charge on any atom is -0.507 e. The SMILES string of the molecule is O=C1C(=O)N(CCCN2CCOCC2)[C@H](c2cccc(OCc3ccccc3)c2)C1=C(O)c1ccc2c(c1)OCCO2. The maximum Gasteiger partial charge on any atom is 0.295 e. The van der Waals surface area contributed by atoms with Gasteiger partial charge >= 0.3 is 0 Å². The van der Waals surface area contributed by atoms with E-state index in [1.165, 1.54) is 0 Å². The predicted molar refractivity (Wildman–Crippen MR) is 156 cm³/mol. The van der Waals surface area contributed by atoms with Crippen molar-refractivity contribution >= 4 is 17.4 Å². The van der Waals surface area contributed by atoms with Crippen molar-refractivity contribution in [3.05, 3.63) is 95.1 Å². The van der Waals surface area contributed by atoms with Gasteiger partial charge in [-0.2, -0.15) is 0 Å². The molecule has 0 unspecified atom stereocenters. The summed E-state index contributed by atoms with van der Waals surface area (Å²) in [5.41, 5.74) is 2.14. The topological polar surface area (TPSA) is 97.8 Å². The zero-order valence-corrected chi connectivity index (χ0v) is 23.4. The molecule has 2 fully saturated rings. The van der Waals surface area contributed by atoms with Gasteiger partial charge in [0, 0.05) is 31.7 Å². The van der Waals surface area contributed by atoms with Crippen LogP contribution in [0.3, 0.4) is 0 Å². The van der Waals surface area contributed by atoms with Crippen LogP contribution in [0.5, 0.6) is 17.2 Å². The van der Waals surface area contributed by atoms with Gasteiger partial charge in [0.25, 0.3) is 11.7 Å². The molecule has 0 aliphatic carbocycles. The summed E-state index contributed by atoms with van der Waals surface area (Å²) in [5, 5.41) is 11.5. The summed E-state index contributed by atoms with van der Waals surface area (Å²) in [6.07, 6.45) is 0.678. The summed E-state index contributed by atoms with van der Waals surface area (Å²) in [6.45, 7) is 5.41. The molecule has 3 aromatic rings. The van der Waals surface area contributed by atoms with Crippen LogP contribution in [0.15, 0.2) is 78.4 Å². The first-order valence-electron chi connectivity index (χ1n) is 14.3. The molecule has 6 rings (SSSR count). The van der Waals surface area contributed by atoms with Crippen LogP contribution < -0.4 is 14.2 Å². The minimum absolute atomic E-state index is 0.0447. The fraction of sp³-hybridized carbons (Fsp3) is 0.333. The molecule has 1 atom stereocenters. The molecule has 3 aromatic carbocycles. The Bertz CT molecular complexity index is 1470. The number of hydrogen-bond donors (Lipinski definition) is 1. The van der Waals surface area contributed by atoms with Crippen molar-refractivity contribution < 1.29 is 33.6 Å². The molecule has 2 saturated heterocycles. The second kappa shape index (κ2) is 12.7. The molecule has 9 heteroatoms. The third-order valence-electron chi connectivity index (χ3n) is 7.75. The number of morpholine rings is 1. The number of aliphatic hydroxyl groups is 1. The Morgan fingerprint density at radius 3 is 2.45 bits per heavy atom. The Morgan fingerprint density at radius 2 is 1.64 bits per heavy atom. The molecule has 42 heavy (non-hydrogen) atoms. The summed E-state index contributed by atoms with van der Waals surface area (Å²) in [5.74, 6) is 0.0707. The molecule has 3 aliphatic heterocycles. The summed E-state index contributed by atoms with van der Waals surface area (Å²) in [7, 11) is 0. The number of benzene rings is 3. The van der Waals surface area contributed by atoms with Crippen molar-refractivity contribution in [2.75, 3.05) is 52.6 Å². The van der Waals surface area contributed by atoms with Gasteiger partial charge in [0.2, 0.25) is 0 Å². The third kappa shape index (κ3) is 5.98. The average Bonchev–Trinajstić information content (AvgIpc) is 3.29. The van der Waals surface area contributed by atoms with Crippen molar-refractivity contribution in [3.8, 4) is 17.2 Å². The highest BCUT2D eigenvalue weighted by molar-refractivity contribution is 6.46. The molecule has 0 bridgehead atoms. The van der Waals surface area contributed by atoms with Crippen molar-refractivity contribution in [2.24, 2.45) is 0 Å². The number of hydrogen-bond acceptors (Lipinski definition) is 8. The van der Waals surface area contributed by atoms with Crippen LogP contribution in [0.1, 0.15) is 29.2 Å². The molecule has 0 aromatic heterocycles. The lowest BCUT2D eigenvalue weighted by Crippen LogP contribution is -2.38. The van der Waals surface area contributed by atoms with Crippen molar-refractivity contribution in [2.45, 2.75) is 19.1 Å². The number of nitrogens with zero attached hydrogens (tertiary/aromatic N) is 2. The van der Waals surface area contributed by atoms with Crippen molar-refractivity contribution in [1.82, 2.24) is 9.80 Å². The van der Waals surface area contributed by atoms with Gasteiger partial charge in [0.05, 0.1) is 24.8 Å². The molecule has 1 amide bonds. The van der Waals surface area contributed by atoms with Crippen LogP contribution in [0.4, 0.5) is 0 Å². The zero-order chi connectivity index (χ0) is 28.9. The van der Waals surface area contributed by atoms with Crippen LogP contribution in [0.2, 0.25) is 0 Å². The quantitative estimate of drug-likeness (QED) is 0.233. The number of ketones is 1. The Kier molecular flexibility index (Phi) is 8.39. The smallest absolute Gasteiger partial charge is 0.295 e. The summed E-state index contributed by atoms with van der Waals surface area (Å²) in [6, 6.07) is 21.5. The number of Topliss-reactive ketones (excluding diaryl/α,β-unsaturated/α-hetero) is 1. The van der Waals surface area contributed by atoms with Gasteiger partial charge < -0.3 is 29.0 Å². The first kappa shape index (κ1) is 27.8. The molecule has 9 nitrogen and oxygen atoms in total. The second-order valence-electron chi connectivity index (χ2n) is 10.5. The predicted octanol–water partition coefficient (Wildman–Crippen LogP) is 4.18. The van der Waals surface area contributed by atoms with Crippen LogP contribution in [-0.4, -0.2) is 79.2 Å². The molecule has 218 valence electrons. The highest BCUT2D eigenvalue weighted by Gasteiger charge is 2.46. The van der Waals surface area contributed by atoms with E-state index in [1.807, 2.05) is 54.6 Å². The highest BCUT2D eigenvalue weighted by Crippen LogP contribution is 2.42. The number of carbonyl (C=O) groups is 2. The van der Waals surface area contributed by atoms with Gasteiger partial charge in [-0.15, -0.1) is 0 Å². The Morgan fingerprint density at radius 1 is 0.857 bits per heavy atom. The molecule has 0 radical (unpaired) electrons. The number of ether oxygens (including phenoxy) is 4. The van der Waals surface area contributed by atoms with E-state index in [4.69, 9.17) is 18.9 Å². The lowest BCUT2D eigenvalue weighted by atomic mass is 9.95. The largest absolute Gasteiger partial charge is 0.507 e. The molecule has 0 spiro atoms. The number of likely N-dealkylation sites (tertiary alicyclic amines) is 1. The summed E-state index contributed by atoms with van der Waals surface area (Å²) >= 11 is 0. The molecule has 3 heterocycles. The maximum absolute atomic E-state index is 13.5. The number of aliphatic hydroxyl groups excluding tert-OH is 1. The fourth-order valence-electron chi connectivity index (χ4n) is 5.61. The lowest BCUT2D eigenvalue weighted by molar-refractivity contribution is -0.140. The van der Waals surface area contributed by atoms with Crippen LogP contribution in [-0.2, 0) is 20.9 Å². The normalized spacial score (nSPS) is 20.1. The van der Waals surface area contributed by atoms with Crippen molar-refractivity contribution in [3.63, 3.8) is 0 Å². The molecular weight excluding hydrogens is 536 g/mol. The number of carbonyl (C=O) groups excluding carboxylic acids is 2. The molecule has 0 saturated carbocycles. The van der Waals surface area contributed by atoms with Crippen LogP contribution in [0, 0.1) is 0 Å². The standard InChI is InChI=1S/C33H34N2O7/c36-31(25-10-11-27-28(21-25)41-19-18-40-27)29-30(24-8-4-9-26(20-24)42-22-23-6-2-1-3-7-23)35(33(38)32(29)37)13-5-12-34-14-16-39-17-15-34/h1-4,6-11,20-21,30,36H,5,12-19,22H2/t30-/m1/s1. The summed E-state index contributed by atoms with van der Waals surface area (Å²) in [4.78, 5) is 30.9. The van der Waals surface area contributed by atoms with Gasteiger partial charge in [-0.3, -0.25) is 14.5 Å². The molecule has 3 aliphatic rings. The van der Waals surface area contributed by atoms with E-state index < -0.39 is 17.7 Å². The van der Waals surface area contributed by atoms with Gasteiger partial charge in [0.1, 0.15) is 31.3 Å². The molecule has 1 N–H and O–H groups in total. The fourth-order valence-corrected chi connectivity index (χ4v) is 5.61. The van der Waals surface area contributed by atoms with E-state index >= 15 is 0 Å². The average molecular weight is 571 g/mol. The number of amides is 1. The van der Waals surface area contributed by atoms with Crippen LogP contribution >= 0.6 is 0 Å². The van der Waals surface area contributed by atoms with E-state index in [2.05, 4.69) is 4.90 Å². The van der Waals surface area contributed by atoms with Gasteiger partial charge in [0.15, 0.2) is 11.5 Å². The minimum atomic E-state index is -0.775. The van der Waals surface area contributed by atoms with E-state index in [9.17, 15) is 14.7 Å². The number of fused-ring (bicyclic) bond motifs is 1. The van der Waals surface area contributed by atoms with Gasteiger partial charge in [-0.1, -0.05) is 42.5 Å². The maximum atomic E-state index is 13.5. The zero-order valence-electron chi connectivity index (χ0n) is 23.4. The summed E-state index contributed by atoms with van der Waals surface area (Å²) < 4.78 is 22.8. The van der Waals surface area contributed by atoms with Crippen LogP contribution in [0.25, 0.3) is 5.76 Å². The van der Waals surface area contributed by atoms with E-state index in [0.717, 1.165) is 25.2 Å². The Balaban J connectivity index is 1.32. The monoisotopic (exact) mass is 570 g/mol. The first-order valence-corrected chi connectivity index (χ1v) is 14.3.